The lowest BCUT2D eigenvalue weighted by atomic mass is 10.1. The van der Waals surface area contributed by atoms with Gasteiger partial charge in [0.1, 0.15) is 5.76 Å². The molecule has 0 aliphatic heterocycles. The molecular weight excluding hydrogens is 338 g/mol. The molecule has 2 aromatic carbocycles. The summed E-state index contributed by atoms with van der Waals surface area (Å²) >= 11 is 6.09. The number of amides is 1. The van der Waals surface area contributed by atoms with Gasteiger partial charge in [-0.1, -0.05) is 23.7 Å². The topological polar surface area (TPSA) is 85.5 Å². The molecule has 0 saturated carbocycles. The summed E-state index contributed by atoms with van der Waals surface area (Å²) in [6.07, 6.45) is 1.28. The monoisotopic (exact) mass is 353 g/mol. The Balaban J connectivity index is 2.44. The van der Waals surface area contributed by atoms with Gasteiger partial charge in [0.05, 0.1) is 27.9 Å². The van der Waals surface area contributed by atoms with Gasteiger partial charge in [-0.3, -0.25) is 9.79 Å². The summed E-state index contributed by atoms with van der Waals surface area (Å²) in [4.78, 5) is 16.5. The summed E-state index contributed by atoms with van der Waals surface area (Å²) in [5, 5.41) is 22.3. The minimum atomic E-state index is -0.461. The lowest BCUT2D eigenvalue weighted by molar-refractivity contribution is -0.116. The van der Waals surface area contributed by atoms with Crippen LogP contribution in [0.5, 0.6) is 0 Å². The molecule has 2 N–H and O–H groups in total. The second kappa shape index (κ2) is 8.67. The maximum absolute atomic E-state index is 12.3. The Morgan fingerprint density at radius 2 is 1.96 bits per heavy atom. The number of hydrogen-bond acceptors (Lipinski definition) is 4. The Morgan fingerprint density at radius 1 is 1.28 bits per heavy atom. The summed E-state index contributed by atoms with van der Waals surface area (Å²) in [5.74, 6) is -0.716. The molecule has 0 aromatic heterocycles. The number of aliphatic hydroxyl groups excluding tert-OH is 1. The maximum atomic E-state index is 12.3. The number of carbonyl (C=O) groups excluding carboxylic acids is 1. The first kappa shape index (κ1) is 18.2. The number of nitrogens with zero attached hydrogens (tertiary/aromatic N) is 2. The van der Waals surface area contributed by atoms with Gasteiger partial charge in [-0.2, -0.15) is 5.26 Å². The SMILES string of the molecule is CCNC(=O)C(C=Nc1ccc(C#N)cc1)=C(O)c1ccccc1Cl. The van der Waals surface area contributed by atoms with Crippen molar-refractivity contribution in [2.24, 2.45) is 4.99 Å². The van der Waals surface area contributed by atoms with Crippen LogP contribution in [-0.2, 0) is 4.79 Å². The molecule has 126 valence electrons. The molecular formula is C19H16ClN3O2. The average molecular weight is 354 g/mol. The van der Waals surface area contributed by atoms with Crippen LogP contribution >= 0.6 is 11.6 Å². The molecule has 0 aliphatic carbocycles. The van der Waals surface area contributed by atoms with E-state index in [0.29, 0.717) is 28.4 Å². The molecule has 0 fully saturated rings. The number of nitrogens with one attached hydrogen (secondary N) is 1. The van der Waals surface area contributed by atoms with Gasteiger partial charge in [0.15, 0.2) is 0 Å². The number of likely N-dealkylation sites (N-methyl/N-ethyl adjacent to an activating group) is 1. The zero-order valence-electron chi connectivity index (χ0n) is 13.5. The van der Waals surface area contributed by atoms with E-state index in [-0.39, 0.29) is 11.3 Å². The zero-order chi connectivity index (χ0) is 18.2. The van der Waals surface area contributed by atoms with Crippen molar-refractivity contribution < 1.29 is 9.90 Å². The van der Waals surface area contributed by atoms with E-state index < -0.39 is 5.91 Å². The van der Waals surface area contributed by atoms with Crippen molar-refractivity contribution in [2.75, 3.05) is 6.54 Å². The minimum Gasteiger partial charge on any atom is -0.506 e. The van der Waals surface area contributed by atoms with E-state index in [0.717, 1.165) is 0 Å². The number of aliphatic hydroxyl groups is 1. The predicted octanol–water partition coefficient (Wildman–Crippen LogP) is 4.02. The molecule has 0 saturated heterocycles. The van der Waals surface area contributed by atoms with E-state index in [1.807, 2.05) is 6.07 Å². The molecule has 0 aliphatic rings. The Kier molecular flexibility index (Phi) is 6.33. The van der Waals surface area contributed by atoms with Gasteiger partial charge in [-0.05, 0) is 43.3 Å². The van der Waals surface area contributed by atoms with Crippen molar-refractivity contribution in [2.45, 2.75) is 6.92 Å². The van der Waals surface area contributed by atoms with Crippen LogP contribution in [0.2, 0.25) is 5.02 Å². The third kappa shape index (κ3) is 4.69. The Morgan fingerprint density at radius 3 is 2.56 bits per heavy atom. The first-order valence-corrected chi connectivity index (χ1v) is 7.95. The Bertz CT molecular complexity index is 865. The lowest BCUT2D eigenvalue weighted by Gasteiger charge is -2.08. The van der Waals surface area contributed by atoms with Crippen LogP contribution in [0, 0.1) is 11.3 Å². The molecule has 0 unspecified atom stereocenters. The summed E-state index contributed by atoms with van der Waals surface area (Å²) in [7, 11) is 0. The highest BCUT2D eigenvalue weighted by molar-refractivity contribution is 6.32. The molecule has 0 radical (unpaired) electrons. The first-order valence-electron chi connectivity index (χ1n) is 7.57. The van der Waals surface area contributed by atoms with Gasteiger partial charge in [-0.15, -0.1) is 0 Å². The van der Waals surface area contributed by atoms with Gasteiger partial charge in [-0.25, -0.2) is 0 Å². The molecule has 25 heavy (non-hydrogen) atoms. The van der Waals surface area contributed by atoms with Crippen LogP contribution < -0.4 is 5.32 Å². The summed E-state index contributed by atoms with van der Waals surface area (Å²) < 4.78 is 0. The normalized spacial score (nSPS) is 11.7. The van der Waals surface area contributed by atoms with Gasteiger partial charge in [0, 0.05) is 18.3 Å². The van der Waals surface area contributed by atoms with Crippen LogP contribution in [0.4, 0.5) is 5.69 Å². The number of aliphatic imine (C=N–C) groups is 1. The summed E-state index contributed by atoms with van der Waals surface area (Å²) in [5.41, 5.74) is 1.40. The molecule has 0 atom stereocenters. The van der Waals surface area contributed by atoms with E-state index in [1.54, 1.807) is 55.5 Å². The molecule has 0 heterocycles. The minimum absolute atomic E-state index is 0.000639. The number of carbonyl (C=O) groups is 1. The fourth-order valence-electron chi connectivity index (χ4n) is 2.04. The summed E-state index contributed by atoms with van der Waals surface area (Å²) in [6.45, 7) is 2.18. The van der Waals surface area contributed by atoms with Crippen LogP contribution in [0.1, 0.15) is 18.1 Å². The third-order valence-electron chi connectivity index (χ3n) is 3.31. The van der Waals surface area contributed by atoms with Crippen molar-refractivity contribution in [3.8, 4) is 6.07 Å². The molecule has 0 bridgehead atoms. The number of halogens is 1. The molecule has 2 aromatic rings. The summed E-state index contributed by atoms with van der Waals surface area (Å²) in [6, 6.07) is 15.2. The first-order chi connectivity index (χ1) is 12.1. The predicted molar refractivity (Wildman–Crippen MR) is 99.0 cm³/mol. The van der Waals surface area contributed by atoms with E-state index in [2.05, 4.69) is 10.3 Å². The molecule has 5 nitrogen and oxygen atoms in total. The fraction of sp³-hybridized carbons (Fsp3) is 0.105. The second-order valence-electron chi connectivity index (χ2n) is 5.02. The quantitative estimate of drug-likeness (QED) is 0.483. The van der Waals surface area contributed by atoms with Crippen molar-refractivity contribution in [1.29, 1.82) is 5.26 Å². The fourth-order valence-corrected chi connectivity index (χ4v) is 2.27. The van der Waals surface area contributed by atoms with E-state index in [4.69, 9.17) is 16.9 Å². The molecule has 0 spiro atoms. The number of hydrogen-bond donors (Lipinski definition) is 2. The van der Waals surface area contributed by atoms with Crippen molar-refractivity contribution in [3.05, 3.63) is 70.3 Å². The maximum Gasteiger partial charge on any atom is 0.256 e. The standard InChI is InChI=1S/C19H16ClN3O2/c1-2-22-19(25)16(18(24)15-5-3-4-6-17(15)20)12-23-14-9-7-13(11-21)8-10-14/h3-10,12,24H,2H2,1H3,(H,22,25). The van der Waals surface area contributed by atoms with Crippen molar-refractivity contribution in [3.63, 3.8) is 0 Å². The van der Waals surface area contributed by atoms with E-state index >= 15 is 0 Å². The highest BCUT2D eigenvalue weighted by Crippen LogP contribution is 2.24. The molecule has 6 heteroatoms. The highest BCUT2D eigenvalue weighted by atomic mass is 35.5. The lowest BCUT2D eigenvalue weighted by Crippen LogP contribution is -2.26. The van der Waals surface area contributed by atoms with E-state index in [9.17, 15) is 9.90 Å². The highest BCUT2D eigenvalue weighted by Gasteiger charge is 2.16. The number of benzene rings is 2. The van der Waals surface area contributed by atoms with Gasteiger partial charge in [0.2, 0.25) is 0 Å². The number of nitriles is 1. The van der Waals surface area contributed by atoms with Crippen LogP contribution in [0.25, 0.3) is 5.76 Å². The van der Waals surface area contributed by atoms with Gasteiger partial charge in [0.25, 0.3) is 5.91 Å². The van der Waals surface area contributed by atoms with Crippen LogP contribution in [-0.4, -0.2) is 23.8 Å². The third-order valence-corrected chi connectivity index (χ3v) is 3.63. The van der Waals surface area contributed by atoms with Gasteiger partial charge < -0.3 is 10.4 Å². The van der Waals surface area contributed by atoms with Crippen molar-refractivity contribution in [1.82, 2.24) is 5.32 Å². The molecule has 1 amide bonds. The largest absolute Gasteiger partial charge is 0.506 e. The Hall–Kier alpha value is -3.10. The smallest absolute Gasteiger partial charge is 0.256 e. The van der Waals surface area contributed by atoms with Crippen LogP contribution in [0.3, 0.4) is 0 Å². The average Bonchev–Trinajstić information content (AvgIpc) is 2.63. The van der Waals surface area contributed by atoms with E-state index in [1.165, 1.54) is 6.21 Å². The second-order valence-corrected chi connectivity index (χ2v) is 5.43. The van der Waals surface area contributed by atoms with Crippen molar-refractivity contribution >= 4 is 35.2 Å². The van der Waals surface area contributed by atoms with Gasteiger partial charge >= 0.3 is 0 Å². The molecule has 2 rings (SSSR count). The zero-order valence-corrected chi connectivity index (χ0v) is 14.3. The van der Waals surface area contributed by atoms with Crippen LogP contribution in [0.15, 0.2) is 59.1 Å². The Labute approximate surface area is 150 Å². The number of rotatable bonds is 5.